The molecule has 5 nitrogen and oxygen atoms in total. The summed E-state index contributed by atoms with van der Waals surface area (Å²) in [6.07, 6.45) is 2.41. The standard InChI is InChI=1S/C21H19FN4O/c22-17-7-3-16(4-8-17)21(27)23-18-9-5-15(6-10-18)19-11-12-20(25-24-19)26-13-1-2-14-26/h3-12H,1-2,13-14H2,(H,23,27). The summed E-state index contributed by atoms with van der Waals surface area (Å²) < 4.78 is 12.9. The molecule has 27 heavy (non-hydrogen) atoms. The van der Waals surface area contributed by atoms with Crippen molar-refractivity contribution in [2.75, 3.05) is 23.3 Å². The van der Waals surface area contributed by atoms with Crippen molar-refractivity contribution < 1.29 is 9.18 Å². The van der Waals surface area contributed by atoms with Crippen molar-refractivity contribution in [2.24, 2.45) is 0 Å². The lowest BCUT2D eigenvalue weighted by Crippen LogP contribution is -2.19. The first kappa shape index (κ1) is 17.1. The van der Waals surface area contributed by atoms with E-state index in [2.05, 4.69) is 20.4 Å². The van der Waals surface area contributed by atoms with Gasteiger partial charge in [-0.15, -0.1) is 10.2 Å². The van der Waals surface area contributed by atoms with Gasteiger partial charge in [-0.25, -0.2) is 4.39 Å². The van der Waals surface area contributed by atoms with E-state index in [-0.39, 0.29) is 11.7 Å². The highest BCUT2D eigenvalue weighted by Gasteiger charge is 2.14. The summed E-state index contributed by atoms with van der Waals surface area (Å²) in [5.74, 6) is 0.268. The second kappa shape index (κ2) is 7.53. The van der Waals surface area contributed by atoms with Crippen LogP contribution in [0.5, 0.6) is 0 Å². The second-order valence-electron chi connectivity index (χ2n) is 6.51. The van der Waals surface area contributed by atoms with Crippen molar-refractivity contribution in [2.45, 2.75) is 12.8 Å². The van der Waals surface area contributed by atoms with Gasteiger partial charge in [-0.05, 0) is 61.4 Å². The van der Waals surface area contributed by atoms with Gasteiger partial charge in [-0.2, -0.15) is 0 Å². The van der Waals surface area contributed by atoms with Crippen LogP contribution < -0.4 is 10.2 Å². The fraction of sp³-hybridized carbons (Fsp3) is 0.190. The third-order valence-corrected chi connectivity index (χ3v) is 4.63. The van der Waals surface area contributed by atoms with Crippen LogP contribution in [-0.2, 0) is 0 Å². The highest BCUT2D eigenvalue weighted by molar-refractivity contribution is 6.04. The summed E-state index contributed by atoms with van der Waals surface area (Å²) in [5.41, 5.74) is 2.78. The number of nitrogens with zero attached hydrogens (tertiary/aromatic N) is 3. The van der Waals surface area contributed by atoms with E-state index in [0.29, 0.717) is 11.3 Å². The van der Waals surface area contributed by atoms with Crippen molar-refractivity contribution in [1.29, 1.82) is 0 Å². The Morgan fingerprint density at radius 3 is 2.22 bits per heavy atom. The zero-order valence-corrected chi connectivity index (χ0v) is 14.7. The summed E-state index contributed by atoms with van der Waals surface area (Å²) in [6.45, 7) is 2.08. The molecule has 2 heterocycles. The van der Waals surface area contributed by atoms with Crippen molar-refractivity contribution in [3.63, 3.8) is 0 Å². The predicted octanol–water partition coefficient (Wildman–Crippen LogP) is 4.14. The zero-order chi connectivity index (χ0) is 18.6. The van der Waals surface area contributed by atoms with Crippen molar-refractivity contribution in [3.8, 4) is 11.3 Å². The maximum Gasteiger partial charge on any atom is 0.255 e. The van der Waals surface area contributed by atoms with Crippen LogP contribution in [0.15, 0.2) is 60.7 Å². The lowest BCUT2D eigenvalue weighted by molar-refractivity contribution is 0.102. The van der Waals surface area contributed by atoms with E-state index in [4.69, 9.17) is 0 Å². The largest absolute Gasteiger partial charge is 0.355 e. The fourth-order valence-corrected chi connectivity index (χ4v) is 3.12. The molecule has 1 aliphatic rings. The number of hydrogen-bond donors (Lipinski definition) is 1. The molecular weight excluding hydrogens is 343 g/mol. The topological polar surface area (TPSA) is 58.1 Å². The molecule has 0 saturated carbocycles. The number of carbonyl (C=O) groups excluding carboxylic acids is 1. The summed E-state index contributed by atoms with van der Waals surface area (Å²) in [7, 11) is 0. The lowest BCUT2D eigenvalue weighted by Gasteiger charge is -2.15. The fourth-order valence-electron chi connectivity index (χ4n) is 3.12. The molecule has 0 unspecified atom stereocenters. The maximum atomic E-state index is 12.9. The Hall–Kier alpha value is -3.28. The number of benzene rings is 2. The van der Waals surface area contributed by atoms with E-state index in [0.717, 1.165) is 30.2 Å². The van der Waals surface area contributed by atoms with E-state index < -0.39 is 0 Å². The van der Waals surface area contributed by atoms with Gasteiger partial charge in [0.2, 0.25) is 0 Å². The van der Waals surface area contributed by atoms with Crippen LogP contribution in [0.25, 0.3) is 11.3 Å². The van der Waals surface area contributed by atoms with E-state index in [1.807, 2.05) is 36.4 Å². The number of nitrogens with one attached hydrogen (secondary N) is 1. The molecule has 0 aliphatic carbocycles. The average Bonchev–Trinajstić information content (AvgIpc) is 3.24. The molecule has 0 atom stereocenters. The van der Waals surface area contributed by atoms with E-state index in [9.17, 15) is 9.18 Å². The Morgan fingerprint density at radius 2 is 1.59 bits per heavy atom. The van der Waals surface area contributed by atoms with Crippen molar-refractivity contribution in [3.05, 3.63) is 72.0 Å². The van der Waals surface area contributed by atoms with Crippen LogP contribution in [0.1, 0.15) is 23.2 Å². The Kier molecular flexibility index (Phi) is 4.78. The molecule has 1 saturated heterocycles. The minimum absolute atomic E-state index is 0.280. The molecule has 1 fully saturated rings. The Balaban J connectivity index is 1.44. The van der Waals surface area contributed by atoms with Crippen LogP contribution in [0.4, 0.5) is 15.9 Å². The van der Waals surface area contributed by atoms with Crippen LogP contribution in [0.2, 0.25) is 0 Å². The van der Waals surface area contributed by atoms with Crippen LogP contribution in [-0.4, -0.2) is 29.2 Å². The van der Waals surface area contributed by atoms with Crippen LogP contribution >= 0.6 is 0 Å². The van der Waals surface area contributed by atoms with Gasteiger partial charge >= 0.3 is 0 Å². The smallest absolute Gasteiger partial charge is 0.255 e. The molecular formula is C21H19FN4O. The first-order valence-electron chi connectivity index (χ1n) is 8.95. The van der Waals surface area contributed by atoms with E-state index in [1.54, 1.807) is 0 Å². The SMILES string of the molecule is O=C(Nc1ccc(-c2ccc(N3CCCC3)nn2)cc1)c1ccc(F)cc1. The van der Waals surface area contributed by atoms with Crippen molar-refractivity contribution >= 4 is 17.4 Å². The van der Waals surface area contributed by atoms with E-state index >= 15 is 0 Å². The minimum atomic E-state index is -0.368. The quantitative estimate of drug-likeness (QED) is 0.758. The Labute approximate surface area is 156 Å². The molecule has 1 amide bonds. The van der Waals surface area contributed by atoms with Gasteiger partial charge in [0.05, 0.1) is 5.69 Å². The summed E-state index contributed by atoms with van der Waals surface area (Å²) in [6, 6.07) is 16.8. The molecule has 4 rings (SSSR count). The van der Waals surface area contributed by atoms with Crippen molar-refractivity contribution in [1.82, 2.24) is 10.2 Å². The number of anilines is 2. The number of hydrogen-bond acceptors (Lipinski definition) is 4. The highest BCUT2D eigenvalue weighted by Crippen LogP contribution is 2.22. The normalized spacial score (nSPS) is 13.6. The Bertz CT molecular complexity index is 918. The highest BCUT2D eigenvalue weighted by atomic mass is 19.1. The number of halogens is 1. The van der Waals surface area contributed by atoms with Gasteiger partial charge < -0.3 is 10.2 Å². The molecule has 1 N–H and O–H groups in total. The van der Waals surface area contributed by atoms with Gasteiger partial charge in [-0.3, -0.25) is 4.79 Å². The predicted molar refractivity (Wildman–Crippen MR) is 103 cm³/mol. The third-order valence-electron chi connectivity index (χ3n) is 4.63. The number of rotatable bonds is 4. The molecule has 0 bridgehead atoms. The number of carbonyl (C=O) groups is 1. The lowest BCUT2D eigenvalue weighted by atomic mass is 10.1. The van der Waals surface area contributed by atoms with Gasteiger partial charge in [0.1, 0.15) is 5.82 Å². The summed E-state index contributed by atoms with van der Waals surface area (Å²) >= 11 is 0. The van der Waals surface area contributed by atoms with Gasteiger partial charge in [0, 0.05) is 29.9 Å². The third kappa shape index (κ3) is 3.95. The molecule has 1 aliphatic heterocycles. The van der Waals surface area contributed by atoms with Gasteiger partial charge in [0.15, 0.2) is 5.82 Å². The van der Waals surface area contributed by atoms with Crippen LogP contribution in [0, 0.1) is 5.82 Å². The molecule has 0 spiro atoms. The monoisotopic (exact) mass is 362 g/mol. The maximum absolute atomic E-state index is 12.9. The number of aromatic nitrogens is 2. The molecule has 136 valence electrons. The molecule has 2 aromatic carbocycles. The second-order valence-corrected chi connectivity index (χ2v) is 6.51. The molecule has 1 aromatic heterocycles. The molecule has 0 radical (unpaired) electrons. The average molecular weight is 362 g/mol. The minimum Gasteiger partial charge on any atom is -0.355 e. The van der Waals surface area contributed by atoms with E-state index in [1.165, 1.54) is 37.1 Å². The first-order valence-corrected chi connectivity index (χ1v) is 8.95. The molecule has 6 heteroatoms. The first-order chi connectivity index (χ1) is 13.2. The summed E-state index contributed by atoms with van der Waals surface area (Å²) in [4.78, 5) is 14.4. The molecule has 3 aromatic rings. The zero-order valence-electron chi connectivity index (χ0n) is 14.7. The van der Waals surface area contributed by atoms with Gasteiger partial charge in [0.25, 0.3) is 5.91 Å². The number of amides is 1. The van der Waals surface area contributed by atoms with Crippen LogP contribution in [0.3, 0.4) is 0 Å². The summed E-state index contributed by atoms with van der Waals surface area (Å²) in [5, 5.41) is 11.5. The Morgan fingerprint density at radius 1 is 0.889 bits per heavy atom. The van der Waals surface area contributed by atoms with Gasteiger partial charge in [-0.1, -0.05) is 12.1 Å².